The summed E-state index contributed by atoms with van der Waals surface area (Å²) >= 11 is 0. The zero-order valence-electron chi connectivity index (χ0n) is 17.1. The van der Waals surface area contributed by atoms with Gasteiger partial charge in [-0.1, -0.05) is 48.5 Å². The van der Waals surface area contributed by atoms with Gasteiger partial charge >= 0.3 is 0 Å². The Morgan fingerprint density at radius 1 is 1.00 bits per heavy atom. The molecule has 1 unspecified atom stereocenters. The first-order chi connectivity index (χ1) is 13.7. The fourth-order valence-corrected chi connectivity index (χ4v) is 4.91. The van der Waals surface area contributed by atoms with Crippen molar-refractivity contribution < 1.29 is 5.11 Å². The number of likely N-dealkylation sites (tertiary alicyclic amines) is 1. The zero-order valence-corrected chi connectivity index (χ0v) is 17.1. The van der Waals surface area contributed by atoms with E-state index in [0.717, 1.165) is 43.1 Å². The molecule has 2 aromatic carbocycles. The summed E-state index contributed by atoms with van der Waals surface area (Å²) in [7, 11) is 2.06. The van der Waals surface area contributed by atoms with Crippen molar-refractivity contribution in [3.8, 4) is 0 Å². The van der Waals surface area contributed by atoms with Gasteiger partial charge in [-0.25, -0.2) is 0 Å². The van der Waals surface area contributed by atoms with Crippen LogP contribution in [0, 0.1) is 11.8 Å². The fraction of sp³-hybridized carbons (Fsp3) is 0.520. The summed E-state index contributed by atoms with van der Waals surface area (Å²) in [5, 5.41) is 10.5. The number of para-hydroxylation sites is 1. The number of anilines is 1. The largest absolute Gasteiger partial charge is 0.390 e. The van der Waals surface area contributed by atoms with Gasteiger partial charge in [0.15, 0.2) is 0 Å². The lowest BCUT2D eigenvalue weighted by atomic mass is 9.90. The second-order valence-electron chi connectivity index (χ2n) is 8.86. The van der Waals surface area contributed by atoms with E-state index in [2.05, 4.69) is 59.3 Å². The molecule has 3 heteroatoms. The van der Waals surface area contributed by atoms with Crippen molar-refractivity contribution in [2.24, 2.45) is 11.8 Å². The minimum atomic E-state index is -0.298. The Labute approximate surface area is 170 Å². The number of β-amino-alcohol motifs (C(OH)–C–C–N with tert-alkyl or cyclic N) is 1. The van der Waals surface area contributed by atoms with Crippen molar-refractivity contribution in [2.45, 2.75) is 37.7 Å². The maximum Gasteiger partial charge on any atom is 0.0841 e. The number of hydrogen-bond donors (Lipinski definition) is 1. The topological polar surface area (TPSA) is 26.7 Å². The molecule has 150 valence electrons. The Kier molecular flexibility index (Phi) is 6.33. The second-order valence-corrected chi connectivity index (χ2v) is 8.86. The van der Waals surface area contributed by atoms with E-state index < -0.39 is 0 Å². The highest BCUT2D eigenvalue weighted by atomic mass is 16.3. The van der Waals surface area contributed by atoms with Gasteiger partial charge in [0, 0.05) is 25.8 Å². The SMILES string of the molecule is CN(CC(O)CN1CCC(C[C@@H]2C[C@H]2c2ccccc2)CC1)c1ccccc1. The Bertz CT molecular complexity index is 712. The summed E-state index contributed by atoms with van der Waals surface area (Å²) in [5.74, 6) is 2.60. The van der Waals surface area contributed by atoms with Gasteiger partial charge < -0.3 is 14.9 Å². The lowest BCUT2D eigenvalue weighted by Crippen LogP contribution is -2.42. The van der Waals surface area contributed by atoms with E-state index in [9.17, 15) is 5.11 Å². The van der Waals surface area contributed by atoms with Gasteiger partial charge in [-0.05, 0) is 74.2 Å². The number of benzene rings is 2. The molecule has 0 spiro atoms. The third-order valence-corrected chi connectivity index (χ3v) is 6.64. The monoisotopic (exact) mass is 378 g/mol. The van der Waals surface area contributed by atoms with Gasteiger partial charge in [-0.2, -0.15) is 0 Å². The number of likely N-dealkylation sites (N-methyl/N-ethyl adjacent to an activating group) is 1. The summed E-state index contributed by atoms with van der Waals surface area (Å²) in [6.45, 7) is 3.75. The van der Waals surface area contributed by atoms with E-state index in [4.69, 9.17) is 0 Å². The first-order valence-corrected chi connectivity index (χ1v) is 10.9. The zero-order chi connectivity index (χ0) is 19.3. The minimum absolute atomic E-state index is 0.298. The lowest BCUT2D eigenvalue weighted by Gasteiger charge is -2.34. The van der Waals surface area contributed by atoms with E-state index in [1.165, 1.54) is 31.2 Å². The molecule has 2 aromatic rings. The summed E-state index contributed by atoms with van der Waals surface area (Å²) in [5.41, 5.74) is 2.70. The Balaban J connectivity index is 1.16. The number of aliphatic hydroxyl groups excluding tert-OH is 1. The Morgan fingerprint density at radius 2 is 1.64 bits per heavy atom. The van der Waals surface area contributed by atoms with E-state index in [1.54, 1.807) is 0 Å². The maximum absolute atomic E-state index is 10.5. The van der Waals surface area contributed by atoms with E-state index in [-0.39, 0.29) is 6.10 Å². The van der Waals surface area contributed by atoms with Crippen molar-refractivity contribution in [1.82, 2.24) is 4.90 Å². The summed E-state index contributed by atoms with van der Waals surface area (Å²) in [6.07, 6.45) is 5.06. The van der Waals surface area contributed by atoms with Crippen LogP contribution in [0.25, 0.3) is 0 Å². The number of nitrogens with zero attached hydrogens (tertiary/aromatic N) is 2. The highest BCUT2D eigenvalue weighted by molar-refractivity contribution is 5.45. The van der Waals surface area contributed by atoms with Crippen LogP contribution >= 0.6 is 0 Å². The lowest BCUT2D eigenvalue weighted by molar-refractivity contribution is 0.0911. The Morgan fingerprint density at radius 3 is 2.32 bits per heavy atom. The molecule has 0 aromatic heterocycles. The van der Waals surface area contributed by atoms with Crippen molar-refractivity contribution in [1.29, 1.82) is 0 Å². The first kappa shape index (κ1) is 19.5. The third kappa shape index (κ3) is 5.15. The molecular formula is C25H34N2O. The predicted molar refractivity (Wildman–Crippen MR) is 117 cm³/mol. The molecule has 1 saturated carbocycles. The number of piperidine rings is 1. The highest BCUT2D eigenvalue weighted by Gasteiger charge is 2.39. The molecule has 3 nitrogen and oxygen atoms in total. The van der Waals surface area contributed by atoms with E-state index >= 15 is 0 Å². The molecular weight excluding hydrogens is 344 g/mol. The van der Waals surface area contributed by atoms with Crippen LogP contribution in [0.1, 0.15) is 37.2 Å². The smallest absolute Gasteiger partial charge is 0.0841 e. The van der Waals surface area contributed by atoms with E-state index in [1.807, 2.05) is 18.2 Å². The molecule has 28 heavy (non-hydrogen) atoms. The average Bonchev–Trinajstić information content (AvgIpc) is 3.50. The fourth-order valence-electron chi connectivity index (χ4n) is 4.91. The van der Waals surface area contributed by atoms with Crippen LogP contribution in [0.2, 0.25) is 0 Å². The molecule has 1 heterocycles. The number of hydrogen-bond acceptors (Lipinski definition) is 3. The highest BCUT2D eigenvalue weighted by Crippen LogP contribution is 2.51. The molecule has 1 N–H and O–H groups in total. The van der Waals surface area contributed by atoms with Gasteiger partial charge in [0.25, 0.3) is 0 Å². The molecule has 1 saturated heterocycles. The third-order valence-electron chi connectivity index (χ3n) is 6.64. The van der Waals surface area contributed by atoms with Crippen LogP contribution in [0.5, 0.6) is 0 Å². The number of aliphatic hydroxyl groups is 1. The van der Waals surface area contributed by atoms with Crippen LogP contribution in [-0.4, -0.2) is 49.3 Å². The molecule has 4 rings (SSSR count). The van der Waals surface area contributed by atoms with Gasteiger partial charge in [-0.3, -0.25) is 0 Å². The van der Waals surface area contributed by atoms with E-state index in [0.29, 0.717) is 6.54 Å². The van der Waals surface area contributed by atoms with Gasteiger partial charge in [0.1, 0.15) is 0 Å². The molecule has 0 bridgehead atoms. The average molecular weight is 379 g/mol. The summed E-state index contributed by atoms with van der Waals surface area (Å²) in [6, 6.07) is 21.4. The molecule has 0 radical (unpaired) electrons. The van der Waals surface area contributed by atoms with Gasteiger partial charge in [-0.15, -0.1) is 0 Å². The normalized spacial score (nSPS) is 24.1. The van der Waals surface area contributed by atoms with Crippen LogP contribution in [0.4, 0.5) is 5.69 Å². The minimum Gasteiger partial charge on any atom is -0.390 e. The first-order valence-electron chi connectivity index (χ1n) is 10.9. The molecule has 3 atom stereocenters. The quantitative estimate of drug-likeness (QED) is 0.738. The summed E-state index contributed by atoms with van der Waals surface area (Å²) < 4.78 is 0. The maximum atomic E-state index is 10.5. The standard InChI is InChI=1S/C25H34N2O/c1-26(23-10-6-3-7-11-23)18-24(28)19-27-14-12-20(13-15-27)16-22-17-25(22)21-8-4-2-5-9-21/h2-11,20,22,24-25,28H,12-19H2,1H3/t22-,24?,25+/m1/s1. The predicted octanol–water partition coefficient (Wildman–Crippen LogP) is 4.39. The van der Waals surface area contributed by atoms with Crippen molar-refractivity contribution >= 4 is 5.69 Å². The Hall–Kier alpha value is -1.84. The van der Waals surface area contributed by atoms with Crippen LogP contribution in [0.3, 0.4) is 0 Å². The molecule has 0 amide bonds. The molecule has 2 aliphatic rings. The molecule has 2 fully saturated rings. The van der Waals surface area contributed by atoms with Crippen molar-refractivity contribution in [2.75, 3.05) is 38.1 Å². The van der Waals surface area contributed by atoms with Crippen molar-refractivity contribution in [3.63, 3.8) is 0 Å². The van der Waals surface area contributed by atoms with Gasteiger partial charge in [0.2, 0.25) is 0 Å². The van der Waals surface area contributed by atoms with Crippen molar-refractivity contribution in [3.05, 3.63) is 66.2 Å². The number of rotatable bonds is 8. The van der Waals surface area contributed by atoms with Crippen LogP contribution in [-0.2, 0) is 0 Å². The second kappa shape index (κ2) is 9.11. The molecule has 1 aliphatic carbocycles. The van der Waals surface area contributed by atoms with Crippen LogP contribution in [0.15, 0.2) is 60.7 Å². The molecule has 1 aliphatic heterocycles. The van der Waals surface area contributed by atoms with Crippen LogP contribution < -0.4 is 4.90 Å². The van der Waals surface area contributed by atoms with Gasteiger partial charge in [0.05, 0.1) is 6.10 Å². The summed E-state index contributed by atoms with van der Waals surface area (Å²) in [4.78, 5) is 4.61.